The summed E-state index contributed by atoms with van der Waals surface area (Å²) in [6.45, 7) is 6.41. The maximum atomic E-state index is 11.9. The van der Waals surface area contributed by atoms with E-state index in [4.69, 9.17) is 10.5 Å². The van der Waals surface area contributed by atoms with E-state index in [1.807, 2.05) is 0 Å². The maximum absolute atomic E-state index is 11.9. The van der Waals surface area contributed by atoms with Gasteiger partial charge >= 0.3 is 6.01 Å². The lowest BCUT2D eigenvalue weighted by Crippen LogP contribution is -2.22. The molecule has 2 aromatic heterocycles. The first-order chi connectivity index (χ1) is 15.7. The highest BCUT2D eigenvalue weighted by molar-refractivity contribution is 5.99. The SMILES string of the molecule is CCCCOc1nc(NC(=O)CN)c2cnn(Cc3ccc(CN4CCCC4)cc3)c2n1. The van der Waals surface area contributed by atoms with Crippen molar-refractivity contribution in [2.24, 2.45) is 5.73 Å². The van der Waals surface area contributed by atoms with Crippen molar-refractivity contribution in [2.45, 2.75) is 45.7 Å². The Morgan fingerprint density at radius 3 is 2.53 bits per heavy atom. The molecule has 1 aromatic carbocycles. The molecule has 0 radical (unpaired) electrons. The van der Waals surface area contributed by atoms with Crippen LogP contribution in [0.25, 0.3) is 11.0 Å². The highest BCUT2D eigenvalue weighted by Gasteiger charge is 2.16. The lowest BCUT2D eigenvalue weighted by molar-refractivity contribution is -0.114. The fraction of sp³-hybridized carbons (Fsp3) is 0.478. The average molecular weight is 438 g/mol. The monoisotopic (exact) mass is 437 g/mol. The third-order valence-corrected chi connectivity index (χ3v) is 5.61. The molecule has 1 aliphatic rings. The summed E-state index contributed by atoms with van der Waals surface area (Å²) in [5, 5.41) is 7.88. The lowest BCUT2D eigenvalue weighted by atomic mass is 10.1. The van der Waals surface area contributed by atoms with Crippen LogP contribution in [0.5, 0.6) is 6.01 Å². The predicted octanol–water partition coefficient (Wildman–Crippen LogP) is 2.55. The van der Waals surface area contributed by atoms with Gasteiger partial charge in [0.2, 0.25) is 5.91 Å². The fourth-order valence-electron chi connectivity index (χ4n) is 3.82. The van der Waals surface area contributed by atoms with Gasteiger partial charge in [0.1, 0.15) is 0 Å². The molecule has 0 unspecified atom stereocenters. The highest BCUT2D eigenvalue weighted by Crippen LogP contribution is 2.24. The van der Waals surface area contributed by atoms with Crippen LogP contribution in [0.2, 0.25) is 0 Å². The van der Waals surface area contributed by atoms with Crippen molar-refractivity contribution in [3.63, 3.8) is 0 Å². The van der Waals surface area contributed by atoms with E-state index in [2.05, 4.69) is 56.5 Å². The smallest absolute Gasteiger partial charge is 0.320 e. The summed E-state index contributed by atoms with van der Waals surface area (Å²) in [5.41, 5.74) is 8.52. The van der Waals surface area contributed by atoms with Crippen LogP contribution in [0.4, 0.5) is 5.82 Å². The van der Waals surface area contributed by atoms with Gasteiger partial charge in [0.05, 0.1) is 31.3 Å². The van der Waals surface area contributed by atoms with Crippen molar-refractivity contribution >= 4 is 22.8 Å². The number of carbonyl (C=O) groups excluding carboxylic acids is 1. The van der Waals surface area contributed by atoms with E-state index < -0.39 is 0 Å². The zero-order valence-electron chi connectivity index (χ0n) is 18.6. The number of anilines is 1. The number of nitrogens with two attached hydrogens (primary N) is 1. The van der Waals surface area contributed by atoms with Crippen molar-refractivity contribution in [1.29, 1.82) is 0 Å². The summed E-state index contributed by atoms with van der Waals surface area (Å²) >= 11 is 0. The van der Waals surface area contributed by atoms with Gasteiger partial charge in [-0.1, -0.05) is 37.6 Å². The van der Waals surface area contributed by atoms with E-state index in [1.54, 1.807) is 10.9 Å². The molecule has 3 aromatic rings. The van der Waals surface area contributed by atoms with Crippen molar-refractivity contribution in [1.82, 2.24) is 24.6 Å². The van der Waals surface area contributed by atoms with Crippen molar-refractivity contribution < 1.29 is 9.53 Å². The van der Waals surface area contributed by atoms with Crippen LogP contribution < -0.4 is 15.8 Å². The molecule has 9 heteroatoms. The minimum Gasteiger partial charge on any atom is -0.463 e. The van der Waals surface area contributed by atoms with E-state index in [-0.39, 0.29) is 18.5 Å². The van der Waals surface area contributed by atoms with E-state index >= 15 is 0 Å². The summed E-state index contributed by atoms with van der Waals surface area (Å²) in [5.74, 6) is 0.0370. The Labute approximate surface area is 188 Å². The number of amides is 1. The number of likely N-dealkylation sites (tertiary alicyclic amines) is 1. The van der Waals surface area contributed by atoms with Crippen LogP contribution in [0.15, 0.2) is 30.5 Å². The quantitative estimate of drug-likeness (QED) is 0.469. The molecule has 1 amide bonds. The largest absolute Gasteiger partial charge is 0.463 e. The van der Waals surface area contributed by atoms with Gasteiger partial charge in [-0.3, -0.25) is 9.69 Å². The minimum absolute atomic E-state index is 0.130. The molecule has 1 aliphatic heterocycles. The predicted molar refractivity (Wildman–Crippen MR) is 123 cm³/mol. The number of unbranched alkanes of at least 4 members (excludes halogenated alkanes) is 1. The molecule has 4 rings (SSSR count). The molecule has 9 nitrogen and oxygen atoms in total. The molecule has 0 atom stereocenters. The third-order valence-electron chi connectivity index (χ3n) is 5.61. The molecule has 32 heavy (non-hydrogen) atoms. The van der Waals surface area contributed by atoms with E-state index in [9.17, 15) is 4.79 Å². The van der Waals surface area contributed by atoms with Gasteiger partial charge in [0.25, 0.3) is 0 Å². The Morgan fingerprint density at radius 2 is 1.84 bits per heavy atom. The van der Waals surface area contributed by atoms with Gasteiger partial charge in [-0.2, -0.15) is 15.1 Å². The number of hydrogen-bond donors (Lipinski definition) is 2. The second kappa shape index (κ2) is 10.5. The Balaban J connectivity index is 1.55. The average Bonchev–Trinajstić information content (AvgIpc) is 3.46. The molecule has 0 saturated carbocycles. The topological polar surface area (TPSA) is 111 Å². The van der Waals surface area contributed by atoms with Gasteiger partial charge in [-0.05, 0) is 43.5 Å². The first kappa shape index (κ1) is 22.2. The third kappa shape index (κ3) is 5.41. The molecule has 170 valence electrons. The Hall–Kier alpha value is -3.04. The molecule has 0 bridgehead atoms. The lowest BCUT2D eigenvalue weighted by Gasteiger charge is -2.14. The fourth-order valence-corrected chi connectivity index (χ4v) is 3.82. The van der Waals surface area contributed by atoms with Crippen LogP contribution in [0.3, 0.4) is 0 Å². The van der Waals surface area contributed by atoms with Crippen molar-refractivity contribution in [3.05, 3.63) is 41.6 Å². The molecule has 3 N–H and O–H groups in total. The first-order valence-electron chi connectivity index (χ1n) is 11.3. The summed E-state index contributed by atoms with van der Waals surface area (Å²) in [7, 11) is 0. The van der Waals surface area contributed by atoms with Gasteiger partial charge in [0.15, 0.2) is 11.5 Å². The summed E-state index contributed by atoms with van der Waals surface area (Å²) in [6, 6.07) is 8.85. The van der Waals surface area contributed by atoms with Crippen LogP contribution in [-0.2, 0) is 17.9 Å². The van der Waals surface area contributed by atoms with Gasteiger partial charge in [0, 0.05) is 6.54 Å². The second-order valence-corrected chi connectivity index (χ2v) is 8.15. The second-order valence-electron chi connectivity index (χ2n) is 8.15. The van der Waals surface area contributed by atoms with E-state index in [1.165, 1.54) is 31.5 Å². The number of hydrogen-bond acceptors (Lipinski definition) is 7. The van der Waals surface area contributed by atoms with Crippen LogP contribution in [0.1, 0.15) is 43.7 Å². The summed E-state index contributed by atoms with van der Waals surface area (Å²) in [6.07, 6.45) is 6.16. The van der Waals surface area contributed by atoms with Crippen LogP contribution in [-0.4, -0.2) is 56.8 Å². The number of nitrogens with one attached hydrogen (secondary N) is 1. The summed E-state index contributed by atoms with van der Waals surface area (Å²) < 4.78 is 7.52. The van der Waals surface area contributed by atoms with Crippen LogP contribution >= 0.6 is 0 Å². The molecule has 1 saturated heterocycles. The number of ether oxygens (including phenoxy) is 1. The molecular formula is C23H31N7O2. The van der Waals surface area contributed by atoms with Crippen LogP contribution in [0, 0.1) is 0 Å². The highest BCUT2D eigenvalue weighted by atomic mass is 16.5. The minimum atomic E-state index is -0.328. The number of rotatable bonds is 10. The molecular weight excluding hydrogens is 406 g/mol. The van der Waals surface area contributed by atoms with E-state index in [0.29, 0.717) is 30.0 Å². The number of fused-ring (bicyclic) bond motifs is 1. The Bertz CT molecular complexity index is 1040. The summed E-state index contributed by atoms with van der Waals surface area (Å²) in [4.78, 5) is 23.3. The maximum Gasteiger partial charge on any atom is 0.320 e. The Morgan fingerprint density at radius 1 is 1.12 bits per heavy atom. The molecule has 0 spiro atoms. The Kier molecular flexibility index (Phi) is 7.28. The number of benzene rings is 1. The number of carbonyl (C=O) groups is 1. The van der Waals surface area contributed by atoms with Gasteiger partial charge in [-0.15, -0.1) is 0 Å². The zero-order chi connectivity index (χ0) is 22.3. The van der Waals surface area contributed by atoms with Crippen molar-refractivity contribution in [3.8, 4) is 6.01 Å². The normalized spacial score (nSPS) is 14.2. The van der Waals surface area contributed by atoms with E-state index in [0.717, 1.165) is 24.9 Å². The molecule has 3 heterocycles. The van der Waals surface area contributed by atoms with Gasteiger partial charge < -0.3 is 15.8 Å². The standard InChI is InChI=1S/C23H31N7O2/c1-2-3-12-32-23-27-21(26-20(31)13-24)19-14-25-30(22(19)28-23)16-18-8-6-17(7-9-18)15-29-10-4-5-11-29/h6-9,14H,2-5,10-13,15-16,24H2,1H3,(H,26,27,28,31). The first-order valence-corrected chi connectivity index (χ1v) is 11.3. The molecule has 0 aliphatic carbocycles. The molecule has 1 fully saturated rings. The van der Waals surface area contributed by atoms with Crippen molar-refractivity contribution in [2.75, 3.05) is 31.6 Å². The number of aromatic nitrogens is 4. The zero-order valence-corrected chi connectivity index (χ0v) is 18.6. The van der Waals surface area contributed by atoms with Gasteiger partial charge in [-0.25, -0.2) is 4.68 Å². The number of nitrogens with zero attached hydrogens (tertiary/aromatic N) is 5.